The summed E-state index contributed by atoms with van der Waals surface area (Å²) in [4.78, 5) is 0. The van der Waals surface area contributed by atoms with Gasteiger partial charge in [0.1, 0.15) is 0 Å². The van der Waals surface area contributed by atoms with E-state index in [1.807, 2.05) is 6.07 Å². The summed E-state index contributed by atoms with van der Waals surface area (Å²) in [5, 5.41) is 7.68. The lowest BCUT2D eigenvalue weighted by Gasteiger charge is -2.26. The fourth-order valence-corrected chi connectivity index (χ4v) is 3.69. The second kappa shape index (κ2) is 8.29. The normalized spacial score (nSPS) is 16.4. The second-order valence-corrected chi connectivity index (χ2v) is 7.07. The van der Waals surface area contributed by atoms with E-state index >= 15 is 0 Å². The molecule has 0 amide bonds. The summed E-state index contributed by atoms with van der Waals surface area (Å²) in [5.74, 6) is 0. The van der Waals surface area contributed by atoms with Crippen LogP contribution in [0.25, 0.3) is 11.1 Å². The van der Waals surface area contributed by atoms with Crippen LogP contribution in [-0.4, -0.2) is 11.2 Å². The van der Waals surface area contributed by atoms with E-state index in [4.69, 9.17) is 12.2 Å². The maximum absolute atomic E-state index is 5.49. The van der Waals surface area contributed by atoms with Gasteiger partial charge in [0, 0.05) is 6.04 Å². The average molecular weight is 339 g/mol. The molecule has 1 atom stereocenters. The minimum atomic E-state index is 0.207. The molecule has 0 heterocycles. The molecule has 0 saturated heterocycles. The summed E-state index contributed by atoms with van der Waals surface area (Å²) in [7, 11) is 0. The Labute approximate surface area is 150 Å². The van der Waals surface area contributed by atoms with E-state index in [1.54, 1.807) is 0 Å². The van der Waals surface area contributed by atoms with Crippen LogP contribution in [0, 0.1) is 0 Å². The minimum absolute atomic E-state index is 0.207. The van der Waals surface area contributed by atoms with Gasteiger partial charge in [-0.05, 0) is 48.7 Å². The Morgan fingerprint density at radius 2 is 1.54 bits per heavy atom. The van der Waals surface area contributed by atoms with E-state index in [-0.39, 0.29) is 6.04 Å². The third-order valence-corrected chi connectivity index (χ3v) is 5.04. The SMILES string of the molecule is C[C@@H](NC(=S)NC1CCCCC1)c1ccc(-c2ccccc2)cc1. The Hall–Kier alpha value is -1.87. The third kappa shape index (κ3) is 4.57. The minimum Gasteiger partial charge on any atom is -0.360 e. The maximum Gasteiger partial charge on any atom is 0.166 e. The van der Waals surface area contributed by atoms with Gasteiger partial charge in [-0.15, -0.1) is 0 Å². The molecule has 0 unspecified atom stereocenters. The topological polar surface area (TPSA) is 24.1 Å². The molecule has 2 N–H and O–H groups in total. The molecule has 1 saturated carbocycles. The molecule has 3 rings (SSSR count). The van der Waals surface area contributed by atoms with Crippen molar-refractivity contribution in [2.75, 3.05) is 0 Å². The molecule has 24 heavy (non-hydrogen) atoms. The molecule has 0 spiro atoms. The molecule has 0 bridgehead atoms. The van der Waals surface area contributed by atoms with Crippen molar-refractivity contribution in [1.82, 2.24) is 10.6 Å². The van der Waals surface area contributed by atoms with Crippen molar-refractivity contribution < 1.29 is 0 Å². The van der Waals surface area contributed by atoms with Gasteiger partial charge in [-0.3, -0.25) is 0 Å². The van der Waals surface area contributed by atoms with E-state index in [0.717, 1.165) is 5.11 Å². The van der Waals surface area contributed by atoms with Crippen LogP contribution in [0.15, 0.2) is 54.6 Å². The molecule has 0 aromatic heterocycles. The lowest BCUT2D eigenvalue weighted by molar-refractivity contribution is 0.411. The van der Waals surface area contributed by atoms with E-state index < -0.39 is 0 Å². The molecule has 3 heteroatoms. The number of hydrogen-bond acceptors (Lipinski definition) is 1. The molecule has 0 radical (unpaired) electrons. The predicted molar refractivity (Wildman–Crippen MR) is 106 cm³/mol. The van der Waals surface area contributed by atoms with Crippen molar-refractivity contribution in [1.29, 1.82) is 0 Å². The molecular formula is C21H26N2S. The number of rotatable bonds is 4. The van der Waals surface area contributed by atoms with Crippen molar-refractivity contribution in [3.8, 4) is 11.1 Å². The molecule has 1 fully saturated rings. The Bertz CT molecular complexity index is 645. The maximum atomic E-state index is 5.49. The number of nitrogens with one attached hydrogen (secondary N) is 2. The van der Waals surface area contributed by atoms with Crippen molar-refractivity contribution in [2.45, 2.75) is 51.1 Å². The number of hydrogen-bond donors (Lipinski definition) is 2. The van der Waals surface area contributed by atoms with Gasteiger partial charge in [0.15, 0.2) is 5.11 Å². The van der Waals surface area contributed by atoms with Crippen LogP contribution in [0.5, 0.6) is 0 Å². The molecule has 126 valence electrons. The van der Waals surface area contributed by atoms with Crippen LogP contribution in [0.1, 0.15) is 50.6 Å². The Morgan fingerprint density at radius 3 is 2.21 bits per heavy atom. The second-order valence-electron chi connectivity index (χ2n) is 6.66. The van der Waals surface area contributed by atoms with Crippen molar-refractivity contribution >= 4 is 17.3 Å². The van der Waals surface area contributed by atoms with Gasteiger partial charge in [-0.2, -0.15) is 0 Å². The molecule has 2 aromatic rings. The molecule has 0 aliphatic heterocycles. The van der Waals surface area contributed by atoms with Gasteiger partial charge in [0.05, 0.1) is 6.04 Å². The summed E-state index contributed by atoms with van der Waals surface area (Å²) < 4.78 is 0. The lowest BCUT2D eigenvalue weighted by atomic mass is 9.96. The lowest BCUT2D eigenvalue weighted by Crippen LogP contribution is -2.43. The quantitative estimate of drug-likeness (QED) is 0.748. The van der Waals surface area contributed by atoms with Crippen molar-refractivity contribution in [2.24, 2.45) is 0 Å². The Morgan fingerprint density at radius 1 is 0.917 bits per heavy atom. The van der Waals surface area contributed by atoms with Gasteiger partial charge in [-0.1, -0.05) is 73.9 Å². The number of thiocarbonyl (C=S) groups is 1. The monoisotopic (exact) mass is 338 g/mol. The van der Waals surface area contributed by atoms with Gasteiger partial charge in [-0.25, -0.2) is 0 Å². The zero-order chi connectivity index (χ0) is 16.8. The highest BCUT2D eigenvalue weighted by Gasteiger charge is 2.15. The number of benzene rings is 2. The Balaban J connectivity index is 1.56. The standard InChI is InChI=1S/C21H26N2S/c1-16(22-21(24)23-20-10-6-3-7-11-20)17-12-14-19(15-13-17)18-8-4-2-5-9-18/h2,4-5,8-9,12-16,20H,3,6-7,10-11H2,1H3,(H2,22,23,24)/t16-/m1/s1. The van der Waals surface area contributed by atoms with E-state index in [9.17, 15) is 0 Å². The zero-order valence-corrected chi connectivity index (χ0v) is 15.1. The highest BCUT2D eigenvalue weighted by atomic mass is 32.1. The summed E-state index contributed by atoms with van der Waals surface area (Å²) in [6.45, 7) is 2.16. The van der Waals surface area contributed by atoms with Crippen LogP contribution in [0.2, 0.25) is 0 Å². The van der Waals surface area contributed by atoms with Crippen LogP contribution in [0.4, 0.5) is 0 Å². The highest BCUT2D eigenvalue weighted by molar-refractivity contribution is 7.80. The highest BCUT2D eigenvalue weighted by Crippen LogP contribution is 2.22. The summed E-state index contributed by atoms with van der Waals surface area (Å²) in [6.07, 6.45) is 6.47. The van der Waals surface area contributed by atoms with E-state index in [1.165, 1.54) is 48.8 Å². The van der Waals surface area contributed by atoms with Gasteiger partial charge in [0.2, 0.25) is 0 Å². The molecule has 1 aliphatic carbocycles. The molecule has 1 aliphatic rings. The van der Waals surface area contributed by atoms with E-state index in [2.05, 4.69) is 66.1 Å². The average Bonchev–Trinajstić information content (AvgIpc) is 2.63. The fraction of sp³-hybridized carbons (Fsp3) is 0.381. The molecule has 2 aromatic carbocycles. The Kier molecular flexibility index (Phi) is 5.86. The van der Waals surface area contributed by atoms with Gasteiger partial charge >= 0.3 is 0 Å². The smallest absolute Gasteiger partial charge is 0.166 e. The first-order valence-electron chi connectivity index (χ1n) is 8.95. The summed E-state index contributed by atoms with van der Waals surface area (Å²) >= 11 is 5.49. The van der Waals surface area contributed by atoms with Crippen LogP contribution in [0.3, 0.4) is 0 Å². The van der Waals surface area contributed by atoms with Crippen molar-refractivity contribution in [3.05, 3.63) is 60.2 Å². The van der Waals surface area contributed by atoms with Crippen LogP contribution >= 0.6 is 12.2 Å². The van der Waals surface area contributed by atoms with Crippen molar-refractivity contribution in [3.63, 3.8) is 0 Å². The summed E-state index contributed by atoms with van der Waals surface area (Å²) in [5.41, 5.74) is 3.75. The zero-order valence-electron chi connectivity index (χ0n) is 14.3. The van der Waals surface area contributed by atoms with Crippen LogP contribution < -0.4 is 10.6 Å². The first kappa shape index (κ1) is 17.0. The summed E-state index contributed by atoms with van der Waals surface area (Å²) in [6, 6.07) is 20.0. The van der Waals surface area contributed by atoms with Gasteiger partial charge in [0.25, 0.3) is 0 Å². The largest absolute Gasteiger partial charge is 0.360 e. The molecule has 2 nitrogen and oxygen atoms in total. The first-order chi connectivity index (χ1) is 11.7. The van der Waals surface area contributed by atoms with E-state index in [0.29, 0.717) is 6.04 Å². The predicted octanol–water partition coefficient (Wildman–Crippen LogP) is 5.21. The fourth-order valence-electron chi connectivity index (χ4n) is 3.35. The van der Waals surface area contributed by atoms with Gasteiger partial charge < -0.3 is 10.6 Å². The van der Waals surface area contributed by atoms with Crippen LogP contribution in [-0.2, 0) is 0 Å². The third-order valence-electron chi connectivity index (χ3n) is 4.81. The first-order valence-corrected chi connectivity index (χ1v) is 9.35. The molecular weight excluding hydrogens is 312 g/mol.